The fraction of sp³-hybridized carbons (Fsp3) is 0.500. The van der Waals surface area contributed by atoms with Crippen molar-refractivity contribution in [3.63, 3.8) is 0 Å². The fourth-order valence-corrected chi connectivity index (χ4v) is 7.26. The summed E-state index contributed by atoms with van der Waals surface area (Å²) in [6.45, 7) is 0. The van der Waals surface area contributed by atoms with Crippen molar-refractivity contribution in [2.45, 2.75) is 0 Å². The van der Waals surface area contributed by atoms with Crippen LogP contribution in [0.25, 0.3) is 0 Å². The second-order valence-electron chi connectivity index (χ2n) is 6.83. The topological polar surface area (TPSA) is 34.1 Å². The maximum Gasteiger partial charge on any atom is 0.164 e. The summed E-state index contributed by atoms with van der Waals surface area (Å²) < 4.78 is 0. The normalized spacial score (nSPS) is 66.9. The molecule has 7 aliphatic rings. The van der Waals surface area contributed by atoms with Crippen molar-refractivity contribution in [3.05, 3.63) is 36.5 Å². The van der Waals surface area contributed by atoms with Gasteiger partial charge in [-0.3, -0.25) is 9.59 Å². The predicted molar refractivity (Wildman–Crippen MR) is 63.2 cm³/mol. The number of carbonyl (C=O) groups excluding carboxylic acids is 2. The highest BCUT2D eigenvalue weighted by atomic mass is 16.1. The van der Waals surface area contributed by atoms with Gasteiger partial charge in [-0.15, -0.1) is 0 Å². The van der Waals surface area contributed by atoms with Crippen molar-refractivity contribution in [1.82, 2.24) is 0 Å². The minimum Gasteiger partial charge on any atom is -0.294 e. The van der Waals surface area contributed by atoms with Crippen LogP contribution in [0.5, 0.6) is 0 Å². The van der Waals surface area contributed by atoms with Crippen LogP contribution in [-0.4, -0.2) is 11.6 Å². The molecule has 8 bridgehead atoms. The van der Waals surface area contributed by atoms with E-state index in [9.17, 15) is 9.59 Å². The van der Waals surface area contributed by atoms with E-state index in [1.807, 2.05) is 0 Å². The Bertz CT molecular complexity index is 566. The first-order chi connectivity index (χ1) is 8.75. The van der Waals surface area contributed by atoms with E-state index < -0.39 is 0 Å². The summed E-state index contributed by atoms with van der Waals surface area (Å²) in [7, 11) is 0. The van der Waals surface area contributed by atoms with E-state index in [-0.39, 0.29) is 22.4 Å². The molecule has 0 amide bonds. The zero-order valence-electron chi connectivity index (χ0n) is 9.74. The molecule has 7 aliphatic carbocycles. The van der Waals surface area contributed by atoms with Gasteiger partial charge in [0.25, 0.3) is 0 Å². The van der Waals surface area contributed by atoms with Crippen molar-refractivity contribution in [2.75, 3.05) is 0 Å². The quantitative estimate of drug-likeness (QED) is 0.598. The maximum absolute atomic E-state index is 12.7. The molecule has 88 valence electrons. The molecule has 0 saturated heterocycles. The van der Waals surface area contributed by atoms with Crippen molar-refractivity contribution in [2.24, 2.45) is 46.3 Å². The summed E-state index contributed by atoms with van der Waals surface area (Å²) in [5.41, 5.74) is -0.736. The number of ketones is 2. The molecule has 0 aromatic rings. The first-order valence-corrected chi connectivity index (χ1v) is 6.89. The van der Waals surface area contributed by atoms with Crippen LogP contribution in [0.2, 0.25) is 0 Å². The third-order valence-electron chi connectivity index (χ3n) is 7.14. The van der Waals surface area contributed by atoms with E-state index in [4.69, 9.17) is 0 Å². The van der Waals surface area contributed by atoms with Crippen LogP contribution in [0.4, 0.5) is 0 Å². The van der Waals surface area contributed by atoms with E-state index in [2.05, 4.69) is 24.3 Å². The molecule has 0 heterocycles. The third kappa shape index (κ3) is 0.434. The van der Waals surface area contributed by atoms with Crippen LogP contribution in [-0.2, 0) is 9.59 Å². The molecule has 0 aliphatic heterocycles. The summed E-state index contributed by atoms with van der Waals surface area (Å²) in [4.78, 5) is 25.4. The second-order valence-corrected chi connectivity index (χ2v) is 6.83. The molecular formula is C16H12O2. The summed E-state index contributed by atoms with van der Waals surface area (Å²) in [5.74, 6) is 3.01. The lowest BCUT2D eigenvalue weighted by atomic mass is 9.48. The summed E-state index contributed by atoms with van der Waals surface area (Å²) >= 11 is 0. The molecule has 18 heavy (non-hydrogen) atoms. The van der Waals surface area contributed by atoms with Crippen LogP contribution in [0.15, 0.2) is 36.5 Å². The lowest BCUT2D eigenvalue weighted by molar-refractivity contribution is -0.149. The molecule has 4 fully saturated rings. The van der Waals surface area contributed by atoms with Crippen molar-refractivity contribution < 1.29 is 9.59 Å². The van der Waals surface area contributed by atoms with Crippen LogP contribution in [0, 0.1) is 46.3 Å². The van der Waals surface area contributed by atoms with Crippen molar-refractivity contribution in [3.8, 4) is 0 Å². The van der Waals surface area contributed by atoms with Crippen LogP contribution in [0.3, 0.4) is 0 Å². The van der Waals surface area contributed by atoms with Gasteiger partial charge in [-0.1, -0.05) is 24.3 Å². The molecule has 2 spiro atoms. The van der Waals surface area contributed by atoms with Gasteiger partial charge in [-0.25, -0.2) is 0 Å². The highest BCUT2D eigenvalue weighted by Crippen LogP contribution is 2.90. The first-order valence-electron chi connectivity index (χ1n) is 6.89. The Morgan fingerprint density at radius 2 is 1.00 bits per heavy atom. The number of carbonyl (C=O) groups is 2. The summed E-state index contributed by atoms with van der Waals surface area (Å²) in [6.07, 6.45) is 12.1. The van der Waals surface area contributed by atoms with Gasteiger partial charge in [0.2, 0.25) is 0 Å². The van der Waals surface area contributed by atoms with E-state index in [0.717, 1.165) is 0 Å². The van der Waals surface area contributed by atoms with Gasteiger partial charge in [-0.2, -0.15) is 0 Å². The predicted octanol–water partition coefficient (Wildman–Crippen LogP) is 1.54. The Labute approximate surface area is 104 Å². The van der Waals surface area contributed by atoms with Gasteiger partial charge in [0.15, 0.2) is 11.6 Å². The molecule has 7 rings (SSSR count). The summed E-state index contributed by atoms with van der Waals surface area (Å²) in [5, 5.41) is 0. The molecule has 0 unspecified atom stereocenters. The maximum atomic E-state index is 12.7. The largest absolute Gasteiger partial charge is 0.294 e. The lowest BCUT2D eigenvalue weighted by Crippen LogP contribution is -2.58. The first kappa shape index (κ1) is 8.63. The fourth-order valence-electron chi connectivity index (χ4n) is 7.26. The van der Waals surface area contributed by atoms with Gasteiger partial charge < -0.3 is 0 Å². The van der Waals surface area contributed by atoms with Gasteiger partial charge in [-0.05, 0) is 47.7 Å². The SMILES string of the molecule is O=C1C=CC(=O)C23[C@H]4C=C[C@H]5C4C4[C@H](C=C[C@@H]42)C153. The Balaban J connectivity index is 1.85. The van der Waals surface area contributed by atoms with Gasteiger partial charge in [0, 0.05) is 0 Å². The highest BCUT2D eigenvalue weighted by Gasteiger charge is 2.92. The number of rotatable bonds is 0. The molecule has 0 aromatic carbocycles. The van der Waals surface area contributed by atoms with Crippen LogP contribution in [0.1, 0.15) is 0 Å². The molecule has 0 radical (unpaired) electrons. The Hall–Kier alpha value is -1.44. The monoisotopic (exact) mass is 236 g/mol. The molecule has 0 aromatic heterocycles. The number of allylic oxidation sites excluding steroid dienone is 6. The Morgan fingerprint density at radius 3 is 1.33 bits per heavy atom. The standard InChI is InChI=1S/C16H12O2/c17-11-5-6-12(18)16-8-2-1-7-13(8)14-9(15(7,11)16)3-4-10(14)16/h1-10,13-14H/t7-,8-,9-,10-,13?,14?,15?,16?/m0/s1. The molecule has 2 nitrogen and oxygen atoms in total. The Kier molecular flexibility index (Phi) is 0.961. The molecule has 4 saturated carbocycles. The van der Waals surface area contributed by atoms with Gasteiger partial charge in [0.1, 0.15) is 0 Å². The smallest absolute Gasteiger partial charge is 0.164 e. The number of hydrogen-bond donors (Lipinski definition) is 0. The van der Waals surface area contributed by atoms with E-state index in [0.29, 0.717) is 35.5 Å². The van der Waals surface area contributed by atoms with Gasteiger partial charge in [0.05, 0.1) is 10.8 Å². The van der Waals surface area contributed by atoms with Gasteiger partial charge >= 0.3 is 0 Å². The highest BCUT2D eigenvalue weighted by molar-refractivity contribution is 6.15. The zero-order chi connectivity index (χ0) is 11.9. The number of hydrogen-bond acceptors (Lipinski definition) is 2. The van der Waals surface area contributed by atoms with Crippen LogP contribution < -0.4 is 0 Å². The average molecular weight is 236 g/mol. The molecule has 4 atom stereocenters. The average Bonchev–Trinajstić information content (AvgIpc) is 3.09. The second kappa shape index (κ2) is 2.01. The lowest BCUT2D eigenvalue weighted by Gasteiger charge is -2.51. The van der Waals surface area contributed by atoms with E-state index >= 15 is 0 Å². The van der Waals surface area contributed by atoms with Crippen molar-refractivity contribution in [1.29, 1.82) is 0 Å². The van der Waals surface area contributed by atoms with Crippen LogP contribution >= 0.6 is 0 Å². The molecule has 0 N–H and O–H groups in total. The van der Waals surface area contributed by atoms with E-state index in [1.165, 1.54) is 0 Å². The molecular weight excluding hydrogens is 224 g/mol. The zero-order valence-corrected chi connectivity index (χ0v) is 9.74. The minimum atomic E-state index is -0.368. The molecule has 2 heteroatoms. The Morgan fingerprint density at radius 1 is 0.667 bits per heavy atom. The minimum absolute atomic E-state index is 0.239. The van der Waals surface area contributed by atoms with E-state index in [1.54, 1.807) is 12.2 Å². The summed E-state index contributed by atoms with van der Waals surface area (Å²) in [6, 6.07) is 0. The van der Waals surface area contributed by atoms with Crippen molar-refractivity contribution >= 4 is 11.6 Å². The third-order valence-corrected chi connectivity index (χ3v) is 7.14.